The van der Waals surface area contributed by atoms with Gasteiger partial charge in [0.2, 0.25) is 11.8 Å². The highest BCUT2D eigenvalue weighted by atomic mass is 16.2. The zero-order valence-corrected chi connectivity index (χ0v) is 15.2. The Morgan fingerprint density at radius 2 is 1.40 bits per heavy atom. The molecule has 0 saturated heterocycles. The maximum absolute atomic E-state index is 12.1. The average Bonchev–Trinajstić information content (AvgIpc) is 2.59. The van der Waals surface area contributed by atoms with Crippen molar-refractivity contribution in [2.24, 2.45) is 0 Å². The van der Waals surface area contributed by atoms with Crippen LogP contribution in [0.1, 0.15) is 35.6 Å². The van der Waals surface area contributed by atoms with E-state index in [4.69, 9.17) is 0 Å². The van der Waals surface area contributed by atoms with Gasteiger partial charge < -0.3 is 10.2 Å². The van der Waals surface area contributed by atoms with Crippen LogP contribution in [-0.4, -0.2) is 23.3 Å². The third-order valence-corrected chi connectivity index (χ3v) is 4.16. The molecule has 132 valence electrons. The molecule has 4 nitrogen and oxygen atoms in total. The molecule has 0 aromatic heterocycles. The van der Waals surface area contributed by atoms with Crippen LogP contribution in [0.4, 0.5) is 0 Å². The summed E-state index contributed by atoms with van der Waals surface area (Å²) in [4.78, 5) is 25.6. The maximum Gasteiger partial charge on any atom is 0.222 e. The van der Waals surface area contributed by atoms with E-state index in [-0.39, 0.29) is 11.8 Å². The highest BCUT2D eigenvalue weighted by Crippen LogP contribution is 2.08. The molecule has 0 unspecified atom stereocenters. The Hall–Kier alpha value is -2.62. The van der Waals surface area contributed by atoms with Gasteiger partial charge in [0.1, 0.15) is 0 Å². The van der Waals surface area contributed by atoms with Crippen LogP contribution < -0.4 is 5.32 Å². The van der Waals surface area contributed by atoms with Crippen LogP contribution in [0.25, 0.3) is 0 Å². The third-order valence-electron chi connectivity index (χ3n) is 4.16. The highest BCUT2D eigenvalue weighted by Gasteiger charge is 2.12. The first-order valence-corrected chi connectivity index (χ1v) is 8.57. The maximum atomic E-state index is 12.1. The third kappa shape index (κ3) is 6.42. The summed E-state index contributed by atoms with van der Waals surface area (Å²) in [7, 11) is 0. The molecule has 0 fully saturated rings. The molecular weight excluding hydrogens is 312 g/mol. The number of nitrogens with zero attached hydrogens (tertiary/aromatic N) is 1. The Morgan fingerprint density at radius 1 is 0.880 bits per heavy atom. The Labute approximate surface area is 149 Å². The molecule has 0 heterocycles. The Balaban J connectivity index is 1.81. The van der Waals surface area contributed by atoms with Crippen molar-refractivity contribution in [2.45, 2.75) is 40.3 Å². The molecule has 0 atom stereocenters. The largest absolute Gasteiger partial charge is 0.352 e. The number of amides is 2. The van der Waals surface area contributed by atoms with Crippen molar-refractivity contribution in [1.82, 2.24) is 10.2 Å². The van der Waals surface area contributed by atoms with Crippen molar-refractivity contribution in [3.05, 3.63) is 70.8 Å². The van der Waals surface area contributed by atoms with Crippen LogP contribution in [0.3, 0.4) is 0 Å². The van der Waals surface area contributed by atoms with Crippen LogP contribution in [0.15, 0.2) is 48.5 Å². The molecule has 0 bridgehead atoms. The first kappa shape index (κ1) is 18.7. The quantitative estimate of drug-likeness (QED) is 0.841. The molecule has 2 aromatic carbocycles. The minimum atomic E-state index is -0.0456. The molecule has 25 heavy (non-hydrogen) atoms. The summed E-state index contributed by atoms with van der Waals surface area (Å²) in [5, 5.41) is 2.91. The van der Waals surface area contributed by atoms with Crippen molar-refractivity contribution in [3.8, 4) is 0 Å². The van der Waals surface area contributed by atoms with Crippen molar-refractivity contribution in [1.29, 1.82) is 0 Å². The van der Waals surface area contributed by atoms with Gasteiger partial charge in [0.15, 0.2) is 0 Å². The van der Waals surface area contributed by atoms with Gasteiger partial charge in [0.05, 0.1) is 0 Å². The second-order valence-corrected chi connectivity index (χ2v) is 6.44. The van der Waals surface area contributed by atoms with Crippen LogP contribution in [0, 0.1) is 13.8 Å². The summed E-state index contributed by atoms with van der Waals surface area (Å²) < 4.78 is 0. The first-order chi connectivity index (χ1) is 11.9. The van der Waals surface area contributed by atoms with Gasteiger partial charge >= 0.3 is 0 Å². The van der Waals surface area contributed by atoms with Crippen molar-refractivity contribution < 1.29 is 9.59 Å². The normalized spacial score (nSPS) is 10.4. The minimum absolute atomic E-state index is 0.0214. The number of carbonyl (C=O) groups excluding carboxylic acids is 2. The average molecular weight is 338 g/mol. The van der Waals surface area contributed by atoms with Gasteiger partial charge in [-0.3, -0.25) is 9.59 Å². The Bertz CT molecular complexity index is 706. The fraction of sp³-hybridized carbons (Fsp3) is 0.333. The van der Waals surface area contributed by atoms with Gasteiger partial charge in [-0.1, -0.05) is 59.7 Å². The Kier molecular flexibility index (Phi) is 6.75. The number of hydrogen-bond acceptors (Lipinski definition) is 2. The Morgan fingerprint density at radius 3 is 1.92 bits per heavy atom. The second kappa shape index (κ2) is 9.02. The predicted molar refractivity (Wildman–Crippen MR) is 99.9 cm³/mol. The monoisotopic (exact) mass is 338 g/mol. The van der Waals surface area contributed by atoms with Crippen LogP contribution in [0.2, 0.25) is 0 Å². The van der Waals surface area contributed by atoms with Crippen LogP contribution >= 0.6 is 0 Å². The fourth-order valence-corrected chi connectivity index (χ4v) is 2.49. The standard InChI is InChI=1S/C21H26N2O2/c1-16-4-8-19(9-5-16)14-22-21(25)12-13-23(18(3)24)15-20-10-6-17(2)7-11-20/h4-11H,12-15H2,1-3H3,(H,22,25). The summed E-state index contributed by atoms with van der Waals surface area (Å²) >= 11 is 0. The fourth-order valence-electron chi connectivity index (χ4n) is 2.49. The molecule has 2 amide bonds. The van der Waals surface area contributed by atoms with Crippen molar-refractivity contribution in [2.75, 3.05) is 6.54 Å². The topological polar surface area (TPSA) is 49.4 Å². The molecule has 4 heteroatoms. The van der Waals surface area contributed by atoms with E-state index in [1.807, 2.05) is 62.4 Å². The van der Waals surface area contributed by atoms with Crippen molar-refractivity contribution >= 4 is 11.8 Å². The van der Waals surface area contributed by atoms with Gasteiger partial charge in [-0.25, -0.2) is 0 Å². The second-order valence-electron chi connectivity index (χ2n) is 6.44. The zero-order chi connectivity index (χ0) is 18.2. The van der Waals surface area contributed by atoms with Gasteiger partial charge in [-0.15, -0.1) is 0 Å². The van der Waals surface area contributed by atoms with E-state index >= 15 is 0 Å². The number of aryl methyl sites for hydroxylation is 2. The first-order valence-electron chi connectivity index (χ1n) is 8.57. The highest BCUT2D eigenvalue weighted by molar-refractivity contribution is 5.78. The van der Waals surface area contributed by atoms with E-state index in [0.717, 1.165) is 11.1 Å². The lowest BCUT2D eigenvalue weighted by atomic mass is 10.1. The van der Waals surface area contributed by atoms with E-state index in [1.54, 1.807) is 11.8 Å². The van der Waals surface area contributed by atoms with E-state index in [0.29, 0.717) is 26.1 Å². The number of hydrogen-bond donors (Lipinski definition) is 1. The number of nitrogens with one attached hydrogen (secondary N) is 1. The summed E-state index contributed by atoms with van der Waals surface area (Å²) in [6.07, 6.45) is 0.303. The lowest BCUT2D eigenvalue weighted by Crippen LogP contribution is -2.33. The molecular formula is C21H26N2O2. The number of benzene rings is 2. The van der Waals surface area contributed by atoms with Crippen molar-refractivity contribution in [3.63, 3.8) is 0 Å². The van der Waals surface area contributed by atoms with Gasteiger partial charge in [0, 0.05) is 33.0 Å². The summed E-state index contributed by atoms with van der Waals surface area (Å²) in [6, 6.07) is 16.2. The number of carbonyl (C=O) groups is 2. The summed E-state index contributed by atoms with van der Waals surface area (Å²) in [5.74, 6) is -0.0670. The van der Waals surface area contributed by atoms with Gasteiger partial charge in [0.25, 0.3) is 0 Å². The van der Waals surface area contributed by atoms with E-state index < -0.39 is 0 Å². The van der Waals surface area contributed by atoms with E-state index in [2.05, 4.69) is 5.32 Å². The lowest BCUT2D eigenvalue weighted by molar-refractivity contribution is -0.130. The van der Waals surface area contributed by atoms with E-state index in [9.17, 15) is 9.59 Å². The lowest BCUT2D eigenvalue weighted by Gasteiger charge is -2.21. The molecule has 2 rings (SSSR count). The van der Waals surface area contributed by atoms with E-state index in [1.165, 1.54) is 11.1 Å². The SMILES string of the molecule is CC(=O)N(CCC(=O)NCc1ccc(C)cc1)Cc1ccc(C)cc1. The zero-order valence-electron chi connectivity index (χ0n) is 15.2. The summed E-state index contributed by atoms with van der Waals surface area (Å²) in [5.41, 5.74) is 4.53. The van der Waals surface area contributed by atoms with Crippen LogP contribution in [-0.2, 0) is 22.7 Å². The van der Waals surface area contributed by atoms with Gasteiger partial charge in [-0.05, 0) is 25.0 Å². The molecule has 0 aliphatic heterocycles. The summed E-state index contributed by atoms with van der Waals surface area (Å²) in [6.45, 7) is 7.07. The molecule has 0 spiro atoms. The smallest absolute Gasteiger partial charge is 0.222 e. The molecule has 0 aliphatic carbocycles. The number of rotatable bonds is 7. The molecule has 0 aliphatic rings. The van der Waals surface area contributed by atoms with Crippen LogP contribution in [0.5, 0.6) is 0 Å². The molecule has 1 N–H and O–H groups in total. The van der Waals surface area contributed by atoms with Gasteiger partial charge in [-0.2, -0.15) is 0 Å². The minimum Gasteiger partial charge on any atom is -0.352 e. The molecule has 0 radical (unpaired) electrons. The molecule has 2 aromatic rings. The molecule has 0 saturated carbocycles. The predicted octanol–water partition coefficient (Wildman–Crippen LogP) is 3.36.